The van der Waals surface area contributed by atoms with Gasteiger partial charge in [-0.2, -0.15) is 12.6 Å². The minimum Gasteiger partial charge on any atom is -0.176 e. The van der Waals surface area contributed by atoms with E-state index in [1.165, 1.54) is 0 Å². The number of hydrogen-bond donors (Lipinski definition) is 1. The molecule has 1 heteroatoms. The first kappa shape index (κ1) is 5.35. The lowest BCUT2D eigenvalue weighted by Gasteiger charge is -1.89. The lowest BCUT2D eigenvalue weighted by Crippen LogP contribution is -1.83. The van der Waals surface area contributed by atoms with Crippen molar-refractivity contribution in [1.82, 2.24) is 0 Å². The number of thiol groups is 1. The Hall–Kier alpha value is 0.350. The predicted molar refractivity (Wildman–Crippen MR) is 28.4 cm³/mol. The van der Waals surface area contributed by atoms with Gasteiger partial charge >= 0.3 is 0 Å². The second-order valence-corrected chi connectivity index (χ2v) is 1.89. The maximum absolute atomic E-state index is 4.04. The van der Waals surface area contributed by atoms with Crippen molar-refractivity contribution in [2.24, 2.45) is 0 Å². The lowest BCUT2D eigenvalue weighted by molar-refractivity contribution is 1.13. The van der Waals surface area contributed by atoms with E-state index in [1.807, 2.05) is 20.3 Å². The van der Waals surface area contributed by atoms with Crippen LogP contribution in [0.4, 0.5) is 0 Å². The largest absolute Gasteiger partial charge is 0.176 e. The molecule has 1 radical (unpaired) electrons. The van der Waals surface area contributed by atoms with Gasteiger partial charge in [-0.3, -0.25) is 0 Å². The first-order valence-corrected chi connectivity index (χ1v) is 2.26. The van der Waals surface area contributed by atoms with E-state index in [1.54, 1.807) is 0 Å². The highest BCUT2D eigenvalue weighted by molar-refractivity contribution is 7.81. The molecule has 0 aromatic carbocycles. The standard InChI is InChI=1S/C4H9S/c1-3-4(2)5/h3-5H,1-2H3/t4-/m0/s1. The van der Waals surface area contributed by atoms with Crippen LogP contribution in [0, 0.1) is 6.42 Å². The van der Waals surface area contributed by atoms with Gasteiger partial charge in [-0.15, -0.1) is 0 Å². The fourth-order valence-electron chi connectivity index (χ4n) is 0. The van der Waals surface area contributed by atoms with Crippen LogP contribution >= 0.6 is 12.6 Å². The Morgan fingerprint density at radius 2 is 2.00 bits per heavy atom. The molecule has 0 aromatic rings. The summed E-state index contributed by atoms with van der Waals surface area (Å²) in [6, 6.07) is 0. The molecule has 0 N–H and O–H groups in total. The third-order valence-corrected chi connectivity index (χ3v) is 0.781. The molecule has 0 aromatic heterocycles. The summed E-state index contributed by atoms with van der Waals surface area (Å²) in [6.45, 7) is 4.03. The average molecular weight is 89.2 g/mol. The molecule has 0 saturated carbocycles. The Bertz CT molecular complexity index is 17.6. The monoisotopic (exact) mass is 89.0 g/mol. The van der Waals surface area contributed by atoms with Crippen molar-refractivity contribution in [3.63, 3.8) is 0 Å². The molecule has 0 rings (SSSR count). The summed E-state index contributed by atoms with van der Waals surface area (Å²) in [5.74, 6) is 0. The maximum atomic E-state index is 4.04. The Labute approximate surface area is 39.0 Å². The van der Waals surface area contributed by atoms with Gasteiger partial charge in [-0.1, -0.05) is 13.8 Å². The van der Waals surface area contributed by atoms with Crippen LogP contribution < -0.4 is 0 Å². The summed E-state index contributed by atoms with van der Waals surface area (Å²) in [6.07, 6.45) is 2.03. The molecular weight excluding hydrogens is 80.1 g/mol. The van der Waals surface area contributed by atoms with Crippen LogP contribution in [0.25, 0.3) is 0 Å². The first-order valence-electron chi connectivity index (χ1n) is 1.75. The Morgan fingerprint density at radius 3 is 2.00 bits per heavy atom. The third kappa shape index (κ3) is 4.35. The molecule has 0 nitrogen and oxygen atoms in total. The van der Waals surface area contributed by atoms with Crippen molar-refractivity contribution in [1.29, 1.82) is 0 Å². The highest BCUT2D eigenvalue weighted by Crippen LogP contribution is 1.92. The van der Waals surface area contributed by atoms with E-state index in [2.05, 4.69) is 12.6 Å². The molecule has 5 heavy (non-hydrogen) atoms. The number of hydrogen-bond acceptors (Lipinski definition) is 1. The van der Waals surface area contributed by atoms with Crippen molar-refractivity contribution >= 4 is 12.6 Å². The molecule has 1 atom stereocenters. The molecule has 0 fully saturated rings. The Kier molecular flexibility index (Phi) is 2.76. The van der Waals surface area contributed by atoms with E-state index in [4.69, 9.17) is 0 Å². The van der Waals surface area contributed by atoms with Crippen LogP contribution in [-0.4, -0.2) is 5.25 Å². The van der Waals surface area contributed by atoms with Gasteiger partial charge in [0, 0.05) is 5.25 Å². The zero-order valence-corrected chi connectivity index (χ0v) is 4.50. The fourth-order valence-corrected chi connectivity index (χ4v) is 0. The molecule has 0 heterocycles. The van der Waals surface area contributed by atoms with Gasteiger partial charge in [-0.25, -0.2) is 0 Å². The highest BCUT2D eigenvalue weighted by Gasteiger charge is 1.81. The summed E-state index contributed by atoms with van der Waals surface area (Å²) >= 11 is 4.04. The molecule has 0 unspecified atom stereocenters. The molecular formula is C4H9S. The molecule has 0 amide bonds. The second-order valence-electron chi connectivity index (χ2n) is 1.07. The van der Waals surface area contributed by atoms with Crippen LogP contribution in [-0.2, 0) is 0 Å². The van der Waals surface area contributed by atoms with Crippen LogP contribution in [0.3, 0.4) is 0 Å². The van der Waals surface area contributed by atoms with E-state index >= 15 is 0 Å². The summed E-state index contributed by atoms with van der Waals surface area (Å²) in [4.78, 5) is 0. The van der Waals surface area contributed by atoms with E-state index in [0.29, 0.717) is 5.25 Å². The van der Waals surface area contributed by atoms with E-state index in [9.17, 15) is 0 Å². The zero-order valence-electron chi connectivity index (χ0n) is 3.60. The van der Waals surface area contributed by atoms with E-state index in [0.717, 1.165) is 0 Å². The summed E-state index contributed by atoms with van der Waals surface area (Å²) in [5, 5.41) is 0.454. The van der Waals surface area contributed by atoms with Gasteiger partial charge in [0.25, 0.3) is 0 Å². The second kappa shape index (κ2) is 2.58. The van der Waals surface area contributed by atoms with Gasteiger partial charge in [0.15, 0.2) is 0 Å². The van der Waals surface area contributed by atoms with Gasteiger partial charge in [-0.05, 0) is 6.42 Å². The molecule has 0 aliphatic carbocycles. The van der Waals surface area contributed by atoms with Crippen molar-refractivity contribution in [2.45, 2.75) is 19.1 Å². The average Bonchev–Trinajstić information content (AvgIpc) is 1.38. The minimum absolute atomic E-state index is 0.454. The van der Waals surface area contributed by atoms with Gasteiger partial charge in [0.1, 0.15) is 0 Å². The molecule has 0 spiro atoms. The predicted octanol–water partition coefficient (Wildman–Crippen LogP) is 1.53. The van der Waals surface area contributed by atoms with Crippen LogP contribution in [0.1, 0.15) is 13.8 Å². The molecule has 0 saturated heterocycles. The van der Waals surface area contributed by atoms with E-state index < -0.39 is 0 Å². The summed E-state index contributed by atoms with van der Waals surface area (Å²) < 4.78 is 0. The van der Waals surface area contributed by atoms with Crippen molar-refractivity contribution in [3.05, 3.63) is 6.42 Å². The normalized spacial score (nSPS) is 15.0. The van der Waals surface area contributed by atoms with Crippen molar-refractivity contribution < 1.29 is 0 Å². The van der Waals surface area contributed by atoms with Crippen molar-refractivity contribution in [2.75, 3.05) is 0 Å². The highest BCUT2D eigenvalue weighted by atomic mass is 32.1. The smallest absolute Gasteiger partial charge is 0.00170 e. The maximum Gasteiger partial charge on any atom is 0.00170 e. The molecule has 0 bridgehead atoms. The van der Waals surface area contributed by atoms with Crippen LogP contribution in [0.5, 0.6) is 0 Å². The lowest BCUT2D eigenvalue weighted by atomic mass is 10.4. The van der Waals surface area contributed by atoms with Gasteiger partial charge in [0.05, 0.1) is 0 Å². The molecule has 0 aliphatic heterocycles. The molecule has 0 aliphatic rings. The zero-order chi connectivity index (χ0) is 4.28. The van der Waals surface area contributed by atoms with Gasteiger partial charge in [0.2, 0.25) is 0 Å². The van der Waals surface area contributed by atoms with Gasteiger partial charge < -0.3 is 0 Å². The molecule has 31 valence electrons. The Morgan fingerprint density at radius 1 is 1.80 bits per heavy atom. The number of rotatable bonds is 1. The first-order chi connectivity index (χ1) is 2.27. The van der Waals surface area contributed by atoms with Crippen LogP contribution in [0.2, 0.25) is 0 Å². The quantitative estimate of drug-likeness (QED) is 0.463. The summed E-state index contributed by atoms with van der Waals surface area (Å²) in [5.41, 5.74) is 0. The summed E-state index contributed by atoms with van der Waals surface area (Å²) in [7, 11) is 0. The minimum atomic E-state index is 0.454. The Balaban J connectivity index is 2.54. The fraction of sp³-hybridized carbons (Fsp3) is 0.750. The van der Waals surface area contributed by atoms with E-state index in [-0.39, 0.29) is 0 Å². The SMILES string of the molecule is C[CH][C@H](C)S. The van der Waals surface area contributed by atoms with Crippen molar-refractivity contribution in [3.8, 4) is 0 Å². The topological polar surface area (TPSA) is 0 Å². The third-order valence-electron chi connectivity index (χ3n) is 0.482. The van der Waals surface area contributed by atoms with Crippen LogP contribution in [0.15, 0.2) is 0 Å².